The molecule has 2 fully saturated rings. The Labute approximate surface area is 190 Å². The number of aryl methyl sites for hydroxylation is 2. The van der Waals surface area contributed by atoms with Crippen molar-refractivity contribution in [2.24, 2.45) is 0 Å². The molecule has 32 heavy (non-hydrogen) atoms. The van der Waals surface area contributed by atoms with Gasteiger partial charge < -0.3 is 10.2 Å². The van der Waals surface area contributed by atoms with Crippen molar-refractivity contribution in [1.82, 2.24) is 29.8 Å². The quantitative estimate of drug-likeness (QED) is 0.713. The van der Waals surface area contributed by atoms with E-state index in [0.717, 1.165) is 36.3 Å². The maximum Gasteiger partial charge on any atom is 0.240 e. The molecule has 2 saturated carbocycles. The van der Waals surface area contributed by atoms with Gasteiger partial charge >= 0.3 is 0 Å². The molecular weight excluding hydrogens is 400 g/mol. The van der Waals surface area contributed by atoms with E-state index in [1.807, 2.05) is 22.7 Å². The van der Waals surface area contributed by atoms with Crippen molar-refractivity contribution in [3.05, 3.63) is 53.4 Å². The van der Waals surface area contributed by atoms with E-state index in [-0.39, 0.29) is 5.91 Å². The first-order valence-corrected chi connectivity index (χ1v) is 12.1. The van der Waals surface area contributed by atoms with Crippen molar-refractivity contribution in [3.8, 4) is 0 Å². The highest BCUT2D eigenvalue weighted by Crippen LogP contribution is 2.33. The number of carbonyl (C=O) groups is 1. The van der Waals surface area contributed by atoms with Gasteiger partial charge in [-0.3, -0.25) is 14.2 Å². The standard InChI is InChI=1S/C25H34N6O/c1-18-13-19(2)30(27-18)16-22-14-24(31(28-22)23-8-4-3-5-9-23)20-7-6-12-29(15-20)17-25(32)26-21-10-11-21/h6,12-15,21,23H,3-5,7-11,16-17H2,1-2H3,(H,26,32). The predicted octanol–water partition coefficient (Wildman–Crippen LogP) is 4.09. The SMILES string of the molecule is Cc1cc(C)n(Cc2cc(C3=CN(CC(=O)NC4CC4)C=CC3)n(C3CCCCC3)n2)n1. The van der Waals surface area contributed by atoms with Crippen LogP contribution in [0.5, 0.6) is 0 Å². The molecule has 7 nitrogen and oxygen atoms in total. The lowest BCUT2D eigenvalue weighted by molar-refractivity contribution is -0.121. The lowest BCUT2D eigenvalue weighted by atomic mass is 9.95. The molecule has 2 aromatic rings. The molecule has 170 valence electrons. The second-order valence-electron chi connectivity index (χ2n) is 9.60. The summed E-state index contributed by atoms with van der Waals surface area (Å²) in [5.74, 6) is 0.0978. The summed E-state index contributed by atoms with van der Waals surface area (Å²) in [5.41, 5.74) is 5.65. The highest BCUT2D eigenvalue weighted by atomic mass is 16.2. The summed E-state index contributed by atoms with van der Waals surface area (Å²) in [5, 5.41) is 12.8. The molecule has 0 bridgehead atoms. The van der Waals surface area contributed by atoms with Gasteiger partial charge in [-0.05, 0) is 63.7 Å². The number of aromatic nitrogens is 4. The van der Waals surface area contributed by atoms with Gasteiger partial charge in [-0.25, -0.2) is 0 Å². The summed E-state index contributed by atoms with van der Waals surface area (Å²) >= 11 is 0. The average molecular weight is 435 g/mol. The number of allylic oxidation sites excluding steroid dienone is 2. The molecule has 7 heteroatoms. The van der Waals surface area contributed by atoms with Crippen LogP contribution in [0.2, 0.25) is 0 Å². The number of rotatable bonds is 7. The number of hydrogen-bond donors (Lipinski definition) is 1. The van der Waals surface area contributed by atoms with Crippen LogP contribution in [-0.2, 0) is 11.3 Å². The van der Waals surface area contributed by atoms with Crippen molar-refractivity contribution in [1.29, 1.82) is 0 Å². The van der Waals surface area contributed by atoms with Gasteiger partial charge in [0.2, 0.25) is 5.91 Å². The van der Waals surface area contributed by atoms with E-state index in [9.17, 15) is 4.79 Å². The Balaban J connectivity index is 1.40. The fourth-order valence-electron chi connectivity index (χ4n) is 4.90. The Bertz CT molecular complexity index is 1040. The van der Waals surface area contributed by atoms with Gasteiger partial charge in [0, 0.05) is 24.1 Å². The third kappa shape index (κ3) is 4.81. The molecule has 0 atom stereocenters. The molecular formula is C25H34N6O. The van der Waals surface area contributed by atoms with Crippen LogP contribution >= 0.6 is 0 Å². The first kappa shape index (κ1) is 21.0. The van der Waals surface area contributed by atoms with E-state index in [1.165, 1.54) is 43.4 Å². The monoisotopic (exact) mass is 434 g/mol. The Morgan fingerprint density at radius 3 is 2.62 bits per heavy atom. The molecule has 0 aromatic carbocycles. The normalized spacial score (nSPS) is 19.3. The van der Waals surface area contributed by atoms with Gasteiger partial charge in [-0.1, -0.05) is 25.3 Å². The average Bonchev–Trinajstić information content (AvgIpc) is 3.39. The predicted molar refractivity (Wildman–Crippen MR) is 125 cm³/mol. The fourth-order valence-corrected chi connectivity index (χ4v) is 4.90. The highest BCUT2D eigenvalue weighted by molar-refractivity contribution is 5.79. The van der Waals surface area contributed by atoms with Crippen LogP contribution in [-0.4, -0.2) is 43.0 Å². The molecule has 5 rings (SSSR count). The number of nitrogens with one attached hydrogen (secondary N) is 1. The van der Waals surface area contributed by atoms with E-state index >= 15 is 0 Å². The molecule has 2 aliphatic carbocycles. The molecule has 1 aliphatic heterocycles. The van der Waals surface area contributed by atoms with Gasteiger partial charge in [0.15, 0.2) is 0 Å². The van der Waals surface area contributed by atoms with Crippen LogP contribution in [0.25, 0.3) is 5.57 Å². The Hall–Kier alpha value is -2.83. The van der Waals surface area contributed by atoms with Gasteiger partial charge in [-0.2, -0.15) is 10.2 Å². The Morgan fingerprint density at radius 1 is 1.09 bits per heavy atom. The van der Waals surface area contributed by atoms with Gasteiger partial charge in [0.1, 0.15) is 6.54 Å². The van der Waals surface area contributed by atoms with Gasteiger partial charge in [0.05, 0.1) is 29.7 Å². The van der Waals surface area contributed by atoms with Gasteiger partial charge in [0.25, 0.3) is 0 Å². The summed E-state index contributed by atoms with van der Waals surface area (Å²) in [6, 6.07) is 5.19. The van der Waals surface area contributed by atoms with Crippen molar-refractivity contribution in [2.45, 2.75) is 83.8 Å². The van der Waals surface area contributed by atoms with Crippen molar-refractivity contribution >= 4 is 11.5 Å². The second-order valence-corrected chi connectivity index (χ2v) is 9.60. The zero-order valence-electron chi connectivity index (χ0n) is 19.3. The van der Waals surface area contributed by atoms with Gasteiger partial charge in [-0.15, -0.1) is 0 Å². The largest absolute Gasteiger partial charge is 0.352 e. The summed E-state index contributed by atoms with van der Waals surface area (Å²) in [6.07, 6.45) is 15.6. The second kappa shape index (κ2) is 8.96. The van der Waals surface area contributed by atoms with Crippen molar-refractivity contribution in [3.63, 3.8) is 0 Å². The van der Waals surface area contributed by atoms with E-state index in [4.69, 9.17) is 5.10 Å². The molecule has 0 spiro atoms. The molecule has 0 unspecified atom stereocenters. The highest BCUT2D eigenvalue weighted by Gasteiger charge is 2.25. The fraction of sp³-hybridized carbons (Fsp3) is 0.560. The third-order valence-electron chi connectivity index (χ3n) is 6.68. The number of nitrogens with zero attached hydrogens (tertiary/aromatic N) is 5. The minimum atomic E-state index is 0.0978. The zero-order chi connectivity index (χ0) is 22.1. The van der Waals surface area contributed by atoms with Crippen LogP contribution in [0.1, 0.15) is 80.2 Å². The van der Waals surface area contributed by atoms with Crippen molar-refractivity contribution < 1.29 is 4.79 Å². The van der Waals surface area contributed by atoms with Crippen LogP contribution < -0.4 is 5.32 Å². The Morgan fingerprint density at radius 2 is 1.91 bits per heavy atom. The number of hydrogen-bond acceptors (Lipinski definition) is 4. The first-order chi connectivity index (χ1) is 15.5. The van der Waals surface area contributed by atoms with Crippen LogP contribution in [0.4, 0.5) is 0 Å². The van der Waals surface area contributed by atoms with E-state index < -0.39 is 0 Å². The zero-order valence-corrected chi connectivity index (χ0v) is 19.3. The lowest BCUT2D eigenvalue weighted by Crippen LogP contribution is -2.34. The summed E-state index contributed by atoms with van der Waals surface area (Å²) in [6.45, 7) is 5.18. The van der Waals surface area contributed by atoms with Crippen LogP contribution in [0.3, 0.4) is 0 Å². The number of amides is 1. The molecule has 0 radical (unpaired) electrons. The lowest BCUT2D eigenvalue weighted by Gasteiger charge is -2.26. The summed E-state index contributed by atoms with van der Waals surface area (Å²) in [4.78, 5) is 14.3. The van der Waals surface area contributed by atoms with E-state index in [2.05, 4.69) is 46.4 Å². The molecule has 3 heterocycles. The molecule has 1 N–H and O–H groups in total. The topological polar surface area (TPSA) is 68.0 Å². The molecule has 2 aromatic heterocycles. The number of carbonyl (C=O) groups excluding carboxylic acids is 1. The van der Waals surface area contributed by atoms with E-state index in [1.54, 1.807) is 0 Å². The third-order valence-corrected chi connectivity index (χ3v) is 6.68. The smallest absolute Gasteiger partial charge is 0.240 e. The Kier molecular flexibility index (Phi) is 5.89. The molecule has 0 saturated heterocycles. The summed E-state index contributed by atoms with van der Waals surface area (Å²) in [7, 11) is 0. The minimum absolute atomic E-state index is 0.0978. The maximum absolute atomic E-state index is 12.3. The first-order valence-electron chi connectivity index (χ1n) is 12.1. The van der Waals surface area contributed by atoms with E-state index in [0.29, 0.717) is 25.2 Å². The van der Waals surface area contributed by atoms with Crippen molar-refractivity contribution in [2.75, 3.05) is 6.54 Å². The summed E-state index contributed by atoms with van der Waals surface area (Å²) < 4.78 is 4.31. The van der Waals surface area contributed by atoms with Crippen LogP contribution in [0.15, 0.2) is 30.6 Å². The minimum Gasteiger partial charge on any atom is -0.352 e. The molecule has 3 aliphatic rings. The maximum atomic E-state index is 12.3. The van der Waals surface area contributed by atoms with Crippen LogP contribution in [0, 0.1) is 13.8 Å². The molecule has 1 amide bonds.